The molecule has 1 aliphatic carbocycles. The fourth-order valence-corrected chi connectivity index (χ4v) is 2.85. The van der Waals surface area contributed by atoms with Crippen molar-refractivity contribution in [2.45, 2.75) is 36.2 Å². The number of aromatic nitrogens is 3. The van der Waals surface area contributed by atoms with Crippen molar-refractivity contribution in [2.24, 2.45) is 0 Å². The molecule has 0 aliphatic heterocycles. The molecule has 0 radical (unpaired) electrons. The predicted molar refractivity (Wildman–Crippen MR) is 78.4 cm³/mol. The van der Waals surface area contributed by atoms with Gasteiger partial charge in [-0.25, -0.2) is 0 Å². The van der Waals surface area contributed by atoms with E-state index in [1.807, 2.05) is 10.6 Å². The smallest absolute Gasteiger partial charge is 0.226 e. The third-order valence-corrected chi connectivity index (χ3v) is 4.20. The molecule has 6 nitrogen and oxygen atoms in total. The summed E-state index contributed by atoms with van der Waals surface area (Å²) < 4.78 is 7.23. The summed E-state index contributed by atoms with van der Waals surface area (Å²) >= 11 is 1.45. The first-order valence-corrected chi connectivity index (χ1v) is 7.65. The number of nitrogens with zero attached hydrogens (tertiary/aromatic N) is 3. The Bertz CT molecular complexity index is 718. The van der Waals surface area contributed by atoms with Gasteiger partial charge in [0, 0.05) is 18.5 Å². The highest BCUT2D eigenvalue weighted by molar-refractivity contribution is 7.98. The van der Waals surface area contributed by atoms with E-state index in [4.69, 9.17) is 9.52 Å². The van der Waals surface area contributed by atoms with Gasteiger partial charge in [0.2, 0.25) is 5.43 Å². The molecule has 0 unspecified atom stereocenters. The number of allylic oxidation sites excluding steroid dienone is 1. The minimum absolute atomic E-state index is 0.380. The first-order valence-electron chi connectivity index (χ1n) is 6.66. The van der Waals surface area contributed by atoms with E-state index in [0.29, 0.717) is 24.0 Å². The van der Waals surface area contributed by atoms with Crippen molar-refractivity contribution in [2.75, 3.05) is 0 Å². The minimum atomic E-state index is -0.442. The number of rotatable bonds is 6. The van der Waals surface area contributed by atoms with Crippen LogP contribution in [0.2, 0.25) is 0 Å². The van der Waals surface area contributed by atoms with Gasteiger partial charge in [-0.2, -0.15) is 0 Å². The largest absolute Gasteiger partial charge is 0.502 e. The molecule has 3 rings (SSSR count). The van der Waals surface area contributed by atoms with E-state index < -0.39 is 5.43 Å². The second-order valence-electron chi connectivity index (χ2n) is 4.90. The lowest BCUT2D eigenvalue weighted by Crippen LogP contribution is -2.03. The van der Waals surface area contributed by atoms with Gasteiger partial charge in [0.05, 0.1) is 5.75 Å². The van der Waals surface area contributed by atoms with Crippen molar-refractivity contribution in [1.82, 2.24) is 14.8 Å². The molecule has 0 saturated heterocycles. The maximum absolute atomic E-state index is 11.4. The predicted octanol–water partition coefficient (Wildman–Crippen LogP) is 2.29. The van der Waals surface area contributed by atoms with Crippen molar-refractivity contribution < 1.29 is 9.52 Å². The topological polar surface area (TPSA) is 81.2 Å². The normalized spacial score (nSPS) is 14.3. The average molecular weight is 305 g/mol. The Morgan fingerprint density at radius 3 is 3.00 bits per heavy atom. The van der Waals surface area contributed by atoms with Crippen molar-refractivity contribution in [3.8, 4) is 5.75 Å². The molecule has 0 atom stereocenters. The molecule has 1 aliphatic rings. The quantitative estimate of drug-likeness (QED) is 0.651. The molecule has 2 heterocycles. The zero-order valence-corrected chi connectivity index (χ0v) is 12.2. The Labute approximate surface area is 125 Å². The molecule has 0 bridgehead atoms. The van der Waals surface area contributed by atoms with E-state index in [-0.39, 0.29) is 5.75 Å². The van der Waals surface area contributed by atoms with Gasteiger partial charge in [0.25, 0.3) is 0 Å². The first-order chi connectivity index (χ1) is 10.2. The van der Waals surface area contributed by atoms with Crippen molar-refractivity contribution in [1.29, 1.82) is 0 Å². The van der Waals surface area contributed by atoms with Gasteiger partial charge >= 0.3 is 0 Å². The van der Waals surface area contributed by atoms with Crippen LogP contribution in [0.1, 0.15) is 30.3 Å². The molecule has 2 aromatic heterocycles. The fourth-order valence-electron chi connectivity index (χ4n) is 2.01. The highest BCUT2D eigenvalue weighted by Crippen LogP contribution is 2.40. The molecule has 1 N–H and O–H groups in total. The molecule has 2 aromatic rings. The lowest BCUT2D eigenvalue weighted by atomic mass is 10.4. The third kappa shape index (κ3) is 3.02. The van der Waals surface area contributed by atoms with Crippen LogP contribution in [-0.2, 0) is 12.3 Å². The van der Waals surface area contributed by atoms with Gasteiger partial charge in [-0.15, -0.1) is 16.8 Å². The van der Waals surface area contributed by atoms with Crippen LogP contribution in [0.3, 0.4) is 0 Å². The molecule has 21 heavy (non-hydrogen) atoms. The van der Waals surface area contributed by atoms with Crippen molar-refractivity contribution >= 4 is 11.8 Å². The van der Waals surface area contributed by atoms with Crippen LogP contribution in [0.4, 0.5) is 0 Å². The Balaban J connectivity index is 1.76. The second kappa shape index (κ2) is 5.77. The SMILES string of the molecule is C=CCn1c(SCc2cc(=O)c(O)co2)nnc1C1CC1. The average Bonchev–Trinajstić information content (AvgIpc) is 3.24. The molecule has 7 heteroatoms. The maximum Gasteiger partial charge on any atom is 0.226 e. The van der Waals surface area contributed by atoms with Crippen LogP contribution in [0.15, 0.2) is 39.4 Å². The van der Waals surface area contributed by atoms with E-state index in [1.54, 1.807) is 0 Å². The van der Waals surface area contributed by atoms with E-state index in [0.717, 1.165) is 30.1 Å². The molecule has 0 aromatic carbocycles. The second-order valence-corrected chi connectivity index (χ2v) is 5.84. The highest BCUT2D eigenvalue weighted by Gasteiger charge is 2.30. The molecule has 0 amide bonds. The lowest BCUT2D eigenvalue weighted by molar-refractivity contribution is 0.419. The monoisotopic (exact) mass is 305 g/mol. The molecule has 0 spiro atoms. The summed E-state index contributed by atoms with van der Waals surface area (Å²) in [5, 5.41) is 18.4. The zero-order valence-electron chi connectivity index (χ0n) is 11.4. The summed E-state index contributed by atoms with van der Waals surface area (Å²) in [4.78, 5) is 11.4. The molecular formula is C14H15N3O3S. The fraction of sp³-hybridized carbons (Fsp3) is 0.357. The Kier molecular flexibility index (Phi) is 3.83. The van der Waals surface area contributed by atoms with Crippen LogP contribution in [0, 0.1) is 0 Å². The van der Waals surface area contributed by atoms with E-state index in [2.05, 4.69) is 16.8 Å². The van der Waals surface area contributed by atoms with Gasteiger partial charge in [-0.1, -0.05) is 17.8 Å². The lowest BCUT2D eigenvalue weighted by Gasteiger charge is -2.06. The summed E-state index contributed by atoms with van der Waals surface area (Å²) in [7, 11) is 0. The van der Waals surface area contributed by atoms with E-state index in [9.17, 15) is 4.79 Å². The Hall–Kier alpha value is -2.02. The Morgan fingerprint density at radius 2 is 2.33 bits per heavy atom. The Morgan fingerprint density at radius 1 is 1.52 bits per heavy atom. The minimum Gasteiger partial charge on any atom is -0.502 e. The van der Waals surface area contributed by atoms with Crippen LogP contribution >= 0.6 is 11.8 Å². The van der Waals surface area contributed by atoms with E-state index >= 15 is 0 Å². The van der Waals surface area contributed by atoms with Crippen LogP contribution in [0.25, 0.3) is 0 Å². The van der Waals surface area contributed by atoms with Crippen LogP contribution in [-0.4, -0.2) is 19.9 Å². The standard InChI is InChI=1S/C14H15N3O3S/c1-2-5-17-13(9-3-4-9)15-16-14(17)21-8-10-6-11(18)12(19)7-20-10/h2,6-7,9,19H,1,3-5,8H2. The highest BCUT2D eigenvalue weighted by atomic mass is 32.2. The molecule has 1 saturated carbocycles. The van der Waals surface area contributed by atoms with Gasteiger partial charge in [-0.3, -0.25) is 4.79 Å². The summed E-state index contributed by atoms with van der Waals surface area (Å²) in [6, 6.07) is 1.29. The number of hydrogen-bond acceptors (Lipinski definition) is 6. The van der Waals surface area contributed by atoms with E-state index in [1.165, 1.54) is 17.8 Å². The first kappa shape index (κ1) is 13.9. The molecular weight excluding hydrogens is 290 g/mol. The zero-order chi connectivity index (χ0) is 14.8. The number of thioether (sulfide) groups is 1. The number of hydrogen-bond donors (Lipinski definition) is 1. The van der Waals surface area contributed by atoms with Gasteiger partial charge in [-0.05, 0) is 12.8 Å². The maximum atomic E-state index is 11.4. The third-order valence-electron chi connectivity index (χ3n) is 3.21. The van der Waals surface area contributed by atoms with Gasteiger partial charge in [0.1, 0.15) is 17.8 Å². The molecule has 110 valence electrons. The molecule has 1 fully saturated rings. The van der Waals surface area contributed by atoms with Crippen molar-refractivity contribution in [3.05, 3.63) is 46.8 Å². The summed E-state index contributed by atoms with van der Waals surface area (Å²) in [6.07, 6.45) is 5.20. The van der Waals surface area contributed by atoms with Crippen LogP contribution in [0.5, 0.6) is 5.75 Å². The summed E-state index contributed by atoms with van der Waals surface area (Å²) in [5.41, 5.74) is -0.442. The van der Waals surface area contributed by atoms with Crippen molar-refractivity contribution in [3.63, 3.8) is 0 Å². The number of aromatic hydroxyl groups is 1. The summed E-state index contributed by atoms with van der Waals surface area (Å²) in [5.74, 6) is 2.08. The van der Waals surface area contributed by atoms with Crippen LogP contribution < -0.4 is 5.43 Å². The van der Waals surface area contributed by atoms with Gasteiger partial charge < -0.3 is 14.1 Å². The summed E-state index contributed by atoms with van der Waals surface area (Å²) in [6.45, 7) is 4.43. The van der Waals surface area contributed by atoms with Gasteiger partial charge in [0.15, 0.2) is 10.9 Å².